The molecule has 1 aliphatic carbocycles. The Labute approximate surface area is 109 Å². The molecule has 0 aromatic heterocycles. The maximum absolute atomic E-state index is 12.3. The first kappa shape index (κ1) is 13.5. The normalized spacial score (nSPS) is 30.4. The predicted octanol–water partition coefficient (Wildman–Crippen LogP) is 1.44. The molecule has 1 saturated heterocycles. The molecule has 0 aromatic carbocycles. The fraction of sp³-hybridized carbons (Fsp3) is 0.857. The second kappa shape index (κ2) is 5.00. The van der Waals surface area contributed by atoms with Gasteiger partial charge in [0.2, 0.25) is 5.91 Å². The lowest BCUT2D eigenvalue weighted by molar-refractivity contribution is -0.152. The predicted molar refractivity (Wildman–Crippen MR) is 70.3 cm³/mol. The zero-order valence-corrected chi connectivity index (χ0v) is 11.7. The zero-order chi connectivity index (χ0) is 13.3. The van der Waals surface area contributed by atoms with Gasteiger partial charge in [-0.2, -0.15) is 0 Å². The van der Waals surface area contributed by atoms with Crippen LogP contribution in [0.4, 0.5) is 0 Å². The highest BCUT2D eigenvalue weighted by molar-refractivity contribution is 5.89. The fourth-order valence-corrected chi connectivity index (χ4v) is 3.25. The molecule has 0 aromatic rings. The quantitative estimate of drug-likeness (QED) is 0.663. The number of ketones is 1. The second-order valence-electron chi connectivity index (χ2n) is 6.06. The molecule has 0 spiro atoms. The molecule has 4 nitrogen and oxygen atoms in total. The van der Waals surface area contributed by atoms with Gasteiger partial charge in [0, 0.05) is 26.6 Å². The van der Waals surface area contributed by atoms with E-state index in [-0.39, 0.29) is 11.9 Å². The molecule has 2 rings (SSSR count). The Balaban J connectivity index is 2.20. The van der Waals surface area contributed by atoms with Crippen LogP contribution in [-0.2, 0) is 9.59 Å². The Morgan fingerprint density at radius 2 is 1.83 bits per heavy atom. The van der Waals surface area contributed by atoms with Gasteiger partial charge in [-0.25, -0.2) is 0 Å². The second-order valence-corrected chi connectivity index (χ2v) is 6.06. The van der Waals surface area contributed by atoms with Crippen molar-refractivity contribution in [3.05, 3.63) is 0 Å². The van der Waals surface area contributed by atoms with E-state index >= 15 is 0 Å². The number of piperazine rings is 1. The van der Waals surface area contributed by atoms with E-state index in [1.165, 1.54) is 0 Å². The summed E-state index contributed by atoms with van der Waals surface area (Å²) >= 11 is 0. The van der Waals surface area contributed by atoms with Crippen LogP contribution in [0.3, 0.4) is 0 Å². The van der Waals surface area contributed by atoms with Gasteiger partial charge in [0.1, 0.15) is 5.78 Å². The molecule has 0 N–H and O–H groups in total. The average Bonchev–Trinajstić information content (AvgIpc) is 2.52. The van der Waals surface area contributed by atoms with Crippen molar-refractivity contribution in [1.29, 1.82) is 0 Å². The van der Waals surface area contributed by atoms with Gasteiger partial charge in [-0.05, 0) is 26.7 Å². The van der Waals surface area contributed by atoms with Crippen molar-refractivity contribution in [2.24, 2.45) is 0 Å². The minimum absolute atomic E-state index is 0.0415. The number of carbonyl (C=O) groups is 2. The van der Waals surface area contributed by atoms with Crippen LogP contribution in [0.25, 0.3) is 0 Å². The molecular weight excluding hydrogens is 228 g/mol. The maximum atomic E-state index is 12.3. The van der Waals surface area contributed by atoms with Crippen LogP contribution in [0.1, 0.15) is 46.0 Å². The van der Waals surface area contributed by atoms with Crippen LogP contribution in [0, 0.1) is 0 Å². The molecule has 102 valence electrons. The molecule has 2 aliphatic rings. The topological polar surface area (TPSA) is 40.6 Å². The third-order valence-electron chi connectivity index (χ3n) is 4.41. The number of carbonyl (C=O) groups excluding carboxylic acids is 2. The molecule has 0 radical (unpaired) electrons. The molecule has 1 heterocycles. The van der Waals surface area contributed by atoms with Crippen molar-refractivity contribution >= 4 is 11.7 Å². The standard InChI is InChI=1S/C14H24N2O2/c1-14(2)13(18)15(3)9-10-16(14)11-7-5-4-6-8-12(11)17/h11H,4-10H2,1-3H3. The van der Waals surface area contributed by atoms with Crippen molar-refractivity contribution in [2.75, 3.05) is 20.1 Å². The highest BCUT2D eigenvalue weighted by Gasteiger charge is 2.45. The third kappa shape index (κ3) is 2.30. The number of hydrogen-bond donors (Lipinski definition) is 0. The Bertz CT molecular complexity index is 352. The lowest BCUT2D eigenvalue weighted by Gasteiger charge is -2.47. The summed E-state index contributed by atoms with van der Waals surface area (Å²) in [5.74, 6) is 0.462. The smallest absolute Gasteiger partial charge is 0.242 e. The van der Waals surface area contributed by atoms with Crippen LogP contribution in [0.2, 0.25) is 0 Å². The average molecular weight is 252 g/mol. The lowest BCUT2D eigenvalue weighted by Crippen LogP contribution is -2.65. The van der Waals surface area contributed by atoms with Gasteiger partial charge >= 0.3 is 0 Å². The van der Waals surface area contributed by atoms with Crippen molar-refractivity contribution < 1.29 is 9.59 Å². The largest absolute Gasteiger partial charge is 0.343 e. The molecule has 4 heteroatoms. The van der Waals surface area contributed by atoms with E-state index in [2.05, 4.69) is 4.90 Å². The van der Waals surface area contributed by atoms with Gasteiger partial charge in [0.15, 0.2) is 0 Å². The Morgan fingerprint density at radius 3 is 2.56 bits per heavy atom. The van der Waals surface area contributed by atoms with E-state index in [4.69, 9.17) is 0 Å². The van der Waals surface area contributed by atoms with Gasteiger partial charge < -0.3 is 4.90 Å². The third-order valence-corrected chi connectivity index (χ3v) is 4.41. The molecule has 18 heavy (non-hydrogen) atoms. The number of Topliss-reactive ketones (excluding diaryl/α,β-unsaturated/α-hetero) is 1. The summed E-state index contributed by atoms with van der Waals surface area (Å²) in [6, 6.07) is -0.0415. The van der Waals surface area contributed by atoms with Crippen LogP contribution in [0.5, 0.6) is 0 Å². The zero-order valence-electron chi connectivity index (χ0n) is 11.7. The Kier molecular flexibility index (Phi) is 3.76. The van der Waals surface area contributed by atoms with E-state index in [0.717, 1.165) is 38.8 Å². The van der Waals surface area contributed by atoms with Crippen LogP contribution in [-0.4, -0.2) is 53.2 Å². The minimum atomic E-state index is -0.544. The van der Waals surface area contributed by atoms with E-state index < -0.39 is 5.54 Å². The maximum Gasteiger partial charge on any atom is 0.242 e. The molecule has 1 atom stereocenters. The fourth-order valence-electron chi connectivity index (χ4n) is 3.25. The summed E-state index contributed by atoms with van der Waals surface area (Å²) in [6.45, 7) is 5.43. The highest BCUT2D eigenvalue weighted by Crippen LogP contribution is 2.29. The number of rotatable bonds is 1. The summed E-state index contributed by atoms with van der Waals surface area (Å²) < 4.78 is 0. The van der Waals surface area contributed by atoms with Crippen molar-refractivity contribution in [2.45, 2.75) is 57.5 Å². The van der Waals surface area contributed by atoms with Gasteiger partial charge in [0.25, 0.3) is 0 Å². The van der Waals surface area contributed by atoms with Crippen LogP contribution < -0.4 is 0 Å². The Morgan fingerprint density at radius 1 is 1.11 bits per heavy atom. The van der Waals surface area contributed by atoms with E-state index in [1.54, 1.807) is 4.90 Å². The van der Waals surface area contributed by atoms with Gasteiger partial charge in [-0.3, -0.25) is 14.5 Å². The number of amides is 1. The van der Waals surface area contributed by atoms with E-state index in [0.29, 0.717) is 12.2 Å². The molecule has 2 fully saturated rings. The summed E-state index contributed by atoms with van der Waals surface area (Å²) in [6.07, 6.45) is 4.86. The first-order valence-electron chi connectivity index (χ1n) is 6.99. The summed E-state index contributed by atoms with van der Waals surface area (Å²) in [7, 11) is 1.84. The van der Waals surface area contributed by atoms with Crippen molar-refractivity contribution in [3.63, 3.8) is 0 Å². The molecular formula is C14H24N2O2. The number of nitrogens with zero attached hydrogens (tertiary/aromatic N) is 2. The van der Waals surface area contributed by atoms with E-state index in [9.17, 15) is 9.59 Å². The van der Waals surface area contributed by atoms with Gasteiger partial charge in [-0.1, -0.05) is 12.8 Å². The monoisotopic (exact) mass is 252 g/mol. The molecule has 1 aliphatic heterocycles. The lowest BCUT2D eigenvalue weighted by atomic mass is 9.92. The van der Waals surface area contributed by atoms with Gasteiger partial charge in [-0.15, -0.1) is 0 Å². The minimum Gasteiger partial charge on any atom is -0.343 e. The first-order valence-corrected chi connectivity index (χ1v) is 6.99. The molecule has 1 amide bonds. The molecule has 1 unspecified atom stereocenters. The summed E-state index contributed by atoms with van der Waals surface area (Å²) in [5, 5.41) is 0. The molecule has 1 saturated carbocycles. The molecule has 0 bridgehead atoms. The summed E-state index contributed by atoms with van der Waals surface area (Å²) in [4.78, 5) is 28.4. The highest BCUT2D eigenvalue weighted by atomic mass is 16.2. The number of hydrogen-bond acceptors (Lipinski definition) is 3. The first-order chi connectivity index (χ1) is 8.44. The number of likely N-dealkylation sites (N-methyl/N-ethyl adjacent to an activating group) is 1. The van der Waals surface area contributed by atoms with Crippen LogP contribution >= 0.6 is 0 Å². The van der Waals surface area contributed by atoms with Crippen LogP contribution in [0.15, 0.2) is 0 Å². The summed E-state index contributed by atoms with van der Waals surface area (Å²) in [5.41, 5.74) is -0.544. The SMILES string of the molecule is CN1CCN(C2CCCCCC2=O)C(C)(C)C1=O. The van der Waals surface area contributed by atoms with E-state index in [1.807, 2.05) is 20.9 Å². The van der Waals surface area contributed by atoms with Crippen molar-refractivity contribution in [3.8, 4) is 0 Å². The van der Waals surface area contributed by atoms with Crippen molar-refractivity contribution in [1.82, 2.24) is 9.80 Å². The van der Waals surface area contributed by atoms with Gasteiger partial charge in [0.05, 0.1) is 11.6 Å². The Hall–Kier alpha value is -0.900.